The van der Waals surface area contributed by atoms with Gasteiger partial charge in [-0.2, -0.15) is 0 Å². The van der Waals surface area contributed by atoms with Crippen LogP contribution in [0.5, 0.6) is 0 Å². The van der Waals surface area contributed by atoms with Gasteiger partial charge in [0.2, 0.25) is 0 Å². The van der Waals surface area contributed by atoms with E-state index in [0.717, 1.165) is 16.6 Å². The molecule has 106 valence electrons. The monoisotopic (exact) mass is 441 g/mol. The molecule has 20 heavy (non-hydrogen) atoms. The molecule has 3 nitrogen and oxygen atoms in total. The number of rotatable bonds is 3. The van der Waals surface area contributed by atoms with Gasteiger partial charge >= 0.3 is 0 Å². The van der Waals surface area contributed by atoms with Crippen molar-refractivity contribution in [1.82, 2.24) is 0 Å². The van der Waals surface area contributed by atoms with Gasteiger partial charge in [-0.1, -0.05) is 27.5 Å². The van der Waals surface area contributed by atoms with E-state index in [1.807, 2.05) is 0 Å². The molecule has 0 amide bonds. The molecule has 2 rings (SSSR count). The second-order valence-corrected chi connectivity index (χ2v) is 7.70. The Kier molecular flexibility index (Phi) is 4.73. The normalized spacial score (nSPS) is 11.4. The second kappa shape index (κ2) is 6.01. The van der Waals surface area contributed by atoms with Gasteiger partial charge in [0.05, 0.1) is 5.69 Å². The summed E-state index contributed by atoms with van der Waals surface area (Å²) in [5.74, 6) is -0.620. The molecule has 0 aliphatic carbocycles. The topological polar surface area (TPSA) is 46.2 Å². The summed E-state index contributed by atoms with van der Waals surface area (Å²) in [6, 6.07) is 8.10. The fourth-order valence-electron chi connectivity index (χ4n) is 1.52. The minimum atomic E-state index is -3.84. The summed E-state index contributed by atoms with van der Waals surface area (Å²) in [5.41, 5.74) is 0.0600. The minimum Gasteiger partial charge on any atom is -0.279 e. The lowest BCUT2D eigenvalue weighted by Gasteiger charge is -2.10. The number of nitrogens with one attached hydrogen (secondary N) is 1. The van der Waals surface area contributed by atoms with E-state index in [-0.39, 0.29) is 15.6 Å². The van der Waals surface area contributed by atoms with Gasteiger partial charge in [0.25, 0.3) is 10.0 Å². The number of halogens is 4. The second-order valence-electron chi connectivity index (χ2n) is 3.84. The number of anilines is 1. The van der Waals surface area contributed by atoms with Crippen molar-refractivity contribution in [1.29, 1.82) is 0 Å². The van der Waals surface area contributed by atoms with E-state index in [1.165, 1.54) is 12.1 Å². The lowest BCUT2D eigenvalue weighted by Crippen LogP contribution is -2.13. The van der Waals surface area contributed by atoms with Crippen LogP contribution in [0.1, 0.15) is 0 Å². The van der Waals surface area contributed by atoms with E-state index in [9.17, 15) is 12.8 Å². The van der Waals surface area contributed by atoms with Crippen molar-refractivity contribution in [3.63, 3.8) is 0 Å². The van der Waals surface area contributed by atoms with Gasteiger partial charge < -0.3 is 0 Å². The van der Waals surface area contributed by atoms with Crippen molar-refractivity contribution in [3.05, 3.63) is 56.2 Å². The highest BCUT2D eigenvalue weighted by Gasteiger charge is 2.18. The highest BCUT2D eigenvalue weighted by atomic mass is 79.9. The average Bonchev–Trinajstić information content (AvgIpc) is 2.25. The zero-order chi connectivity index (χ0) is 14.9. The lowest BCUT2D eigenvalue weighted by molar-refractivity contribution is 0.600. The van der Waals surface area contributed by atoms with Crippen molar-refractivity contribution < 1.29 is 12.8 Å². The van der Waals surface area contributed by atoms with Gasteiger partial charge in [0.1, 0.15) is 10.7 Å². The molecular weight excluding hydrogens is 436 g/mol. The van der Waals surface area contributed by atoms with Crippen LogP contribution in [-0.2, 0) is 10.0 Å². The Morgan fingerprint density at radius 1 is 1.10 bits per heavy atom. The lowest BCUT2D eigenvalue weighted by atomic mass is 10.3. The first kappa shape index (κ1) is 15.8. The minimum absolute atomic E-state index is 0.0427. The van der Waals surface area contributed by atoms with Crippen molar-refractivity contribution in [3.8, 4) is 0 Å². The molecule has 0 radical (unpaired) electrons. The highest BCUT2D eigenvalue weighted by molar-refractivity contribution is 9.11. The Balaban J connectivity index is 2.40. The number of hydrogen-bond donors (Lipinski definition) is 1. The molecule has 0 heterocycles. The van der Waals surface area contributed by atoms with E-state index in [0.29, 0.717) is 4.47 Å². The molecule has 2 aromatic rings. The predicted molar refractivity (Wildman–Crippen MR) is 84.1 cm³/mol. The van der Waals surface area contributed by atoms with Gasteiger partial charge in [-0.15, -0.1) is 0 Å². The molecule has 0 fully saturated rings. The van der Waals surface area contributed by atoms with Gasteiger partial charge in [0.15, 0.2) is 0 Å². The molecule has 2 aromatic carbocycles. The quantitative estimate of drug-likeness (QED) is 0.741. The number of sulfonamides is 1. The van der Waals surface area contributed by atoms with Crippen LogP contribution in [0.15, 0.2) is 50.2 Å². The van der Waals surface area contributed by atoms with Gasteiger partial charge in [-0.25, -0.2) is 12.8 Å². The summed E-state index contributed by atoms with van der Waals surface area (Å²) >= 11 is 12.1. The summed E-state index contributed by atoms with van der Waals surface area (Å²) in [6.07, 6.45) is 0. The molecule has 0 aromatic heterocycles. The summed E-state index contributed by atoms with van der Waals surface area (Å²) in [4.78, 5) is 0.0427. The molecule has 1 N–H and O–H groups in total. The third kappa shape index (κ3) is 3.72. The zero-order valence-corrected chi connectivity index (χ0v) is 14.4. The number of hydrogen-bond acceptors (Lipinski definition) is 2. The van der Waals surface area contributed by atoms with E-state index in [4.69, 9.17) is 11.6 Å². The first-order chi connectivity index (χ1) is 9.28. The predicted octanol–water partition coefficient (Wildman–Crippen LogP) is 4.80. The van der Waals surface area contributed by atoms with Gasteiger partial charge in [-0.05, 0) is 52.3 Å². The van der Waals surface area contributed by atoms with Crippen LogP contribution >= 0.6 is 43.5 Å². The molecule has 0 spiro atoms. The Morgan fingerprint density at radius 2 is 1.80 bits per heavy atom. The van der Waals surface area contributed by atoms with Crippen molar-refractivity contribution in [2.75, 3.05) is 4.72 Å². The molecule has 0 bridgehead atoms. The van der Waals surface area contributed by atoms with E-state index in [2.05, 4.69) is 36.6 Å². The first-order valence-corrected chi connectivity index (χ1v) is 8.66. The third-order valence-electron chi connectivity index (χ3n) is 2.30. The summed E-state index contributed by atoms with van der Waals surface area (Å²) in [5, 5.41) is 0.109. The molecule has 8 heteroatoms. The van der Waals surface area contributed by atoms with E-state index >= 15 is 0 Å². The maximum absolute atomic E-state index is 13.2. The zero-order valence-electron chi connectivity index (χ0n) is 9.70. The fraction of sp³-hybridized carbons (Fsp3) is 0. The Morgan fingerprint density at radius 3 is 2.40 bits per heavy atom. The van der Waals surface area contributed by atoms with Crippen LogP contribution in [0, 0.1) is 5.82 Å². The average molecular weight is 444 g/mol. The Labute approximate surface area is 137 Å². The van der Waals surface area contributed by atoms with Crippen LogP contribution in [0.4, 0.5) is 10.1 Å². The van der Waals surface area contributed by atoms with Crippen molar-refractivity contribution in [2.45, 2.75) is 4.90 Å². The highest BCUT2D eigenvalue weighted by Crippen LogP contribution is 2.28. The number of benzene rings is 2. The molecule has 0 atom stereocenters. The maximum atomic E-state index is 13.2. The van der Waals surface area contributed by atoms with Gasteiger partial charge in [0, 0.05) is 14.0 Å². The molecular formula is C12H7Br2ClFNO2S. The molecule has 0 saturated heterocycles. The molecule has 0 aliphatic heterocycles. The van der Waals surface area contributed by atoms with E-state index in [1.54, 1.807) is 12.1 Å². The summed E-state index contributed by atoms with van der Waals surface area (Å²) in [6.45, 7) is 0. The molecule has 0 unspecified atom stereocenters. The van der Waals surface area contributed by atoms with Crippen molar-refractivity contribution in [2.24, 2.45) is 0 Å². The van der Waals surface area contributed by atoms with Crippen molar-refractivity contribution >= 4 is 59.2 Å². The largest absolute Gasteiger partial charge is 0.279 e. The van der Waals surface area contributed by atoms with Crippen LogP contribution < -0.4 is 4.72 Å². The first-order valence-electron chi connectivity index (χ1n) is 5.22. The van der Waals surface area contributed by atoms with Crippen LogP contribution in [0.2, 0.25) is 5.02 Å². The standard InChI is InChI=1S/C12H7Br2ClFNO2S/c13-7-1-2-12(11(14)3-7)20(18,19)17-10-5-8(15)4-9(16)6-10/h1-6,17H. The maximum Gasteiger partial charge on any atom is 0.263 e. The van der Waals surface area contributed by atoms with Gasteiger partial charge in [-0.3, -0.25) is 4.72 Å². The van der Waals surface area contributed by atoms with E-state index < -0.39 is 15.8 Å². The smallest absolute Gasteiger partial charge is 0.263 e. The Bertz CT molecular complexity index is 748. The van der Waals surface area contributed by atoms with Crippen LogP contribution in [0.25, 0.3) is 0 Å². The summed E-state index contributed by atoms with van der Waals surface area (Å²) < 4.78 is 41.1. The fourth-order valence-corrected chi connectivity index (χ4v) is 4.53. The molecule has 0 saturated carbocycles. The molecule has 0 aliphatic rings. The summed E-state index contributed by atoms with van der Waals surface area (Å²) in [7, 11) is -3.84. The third-order valence-corrected chi connectivity index (χ3v) is 5.37. The van der Waals surface area contributed by atoms with Crippen LogP contribution in [-0.4, -0.2) is 8.42 Å². The SMILES string of the molecule is O=S(=O)(Nc1cc(F)cc(Cl)c1)c1ccc(Br)cc1Br. The van der Waals surface area contributed by atoms with Crippen LogP contribution in [0.3, 0.4) is 0 Å². The Hall–Kier alpha value is -0.630.